The molecule has 0 spiro atoms. The van der Waals surface area contributed by atoms with Crippen molar-refractivity contribution in [3.8, 4) is 0 Å². The molecule has 0 saturated carbocycles. The molecule has 0 fully saturated rings. The molecule has 1 aromatic carbocycles. The Balaban J connectivity index is 0.00000480. The van der Waals surface area contributed by atoms with Gasteiger partial charge >= 0.3 is 41.6 Å². The summed E-state index contributed by atoms with van der Waals surface area (Å²) in [6.07, 6.45) is 4.24. The van der Waals surface area contributed by atoms with E-state index in [2.05, 4.69) is 5.32 Å². The molecule has 166 valence electrons. The Kier molecular flexibility index (Phi) is 12.5. The molecule has 0 aliphatic heterocycles. The fourth-order valence-electron chi connectivity index (χ4n) is 3.08. The molecule has 0 aliphatic carbocycles. The van der Waals surface area contributed by atoms with Crippen molar-refractivity contribution in [3.63, 3.8) is 0 Å². The van der Waals surface area contributed by atoms with Gasteiger partial charge in [-0.15, -0.1) is 0 Å². The van der Waals surface area contributed by atoms with Crippen LogP contribution in [0.4, 0.5) is 4.79 Å². The van der Waals surface area contributed by atoms with Crippen LogP contribution in [0.25, 0.3) is 10.9 Å². The van der Waals surface area contributed by atoms with Gasteiger partial charge in [0.05, 0.1) is 18.7 Å². The van der Waals surface area contributed by atoms with Crippen LogP contribution in [0.1, 0.15) is 50.5 Å². The predicted molar refractivity (Wildman–Crippen MR) is 115 cm³/mol. The predicted octanol–water partition coefficient (Wildman–Crippen LogP) is 0.312. The van der Waals surface area contributed by atoms with Crippen LogP contribution < -0.4 is 40.3 Å². The normalized spacial score (nSPS) is 10.5. The summed E-state index contributed by atoms with van der Waals surface area (Å²) in [5.41, 5.74) is 0.998. The number of carboxylic acid groups (broad SMARTS) is 1. The number of hydrogen-bond donors (Lipinski definition) is 2. The van der Waals surface area contributed by atoms with Crippen LogP contribution in [-0.4, -0.2) is 48.1 Å². The second-order valence-electron chi connectivity index (χ2n) is 6.95. The summed E-state index contributed by atoms with van der Waals surface area (Å²) < 4.78 is 12.3. The molecule has 0 bridgehead atoms. The number of fused-ring (bicyclic) bond motifs is 1. The summed E-state index contributed by atoms with van der Waals surface area (Å²) >= 11 is 0. The number of carbonyl (C=O) groups is 2. The molecule has 0 saturated heterocycles. The third kappa shape index (κ3) is 8.29. The molecule has 2 aromatic rings. The summed E-state index contributed by atoms with van der Waals surface area (Å²) in [7, 11) is 0. The number of rotatable bonds is 12. The van der Waals surface area contributed by atoms with Gasteiger partial charge < -0.3 is 25.9 Å². The molecule has 0 aliphatic rings. The summed E-state index contributed by atoms with van der Waals surface area (Å²) in [5, 5.41) is 12.3. The number of aromatic nitrogens is 1. The number of hydrogen-bond acceptors (Lipinski definition) is 5. The minimum atomic E-state index is -1.22. The zero-order valence-electron chi connectivity index (χ0n) is 19.6. The number of unbranched alkanes of at least 4 members (excludes halogenated alkanes) is 1. The minimum Gasteiger partial charge on any atom is -1.00 e. The Morgan fingerprint density at radius 3 is 2.61 bits per heavy atom. The first-order chi connectivity index (χ1) is 14.5. The van der Waals surface area contributed by atoms with E-state index in [1.807, 2.05) is 26.0 Å². The maximum Gasteiger partial charge on any atom is 1.00 e. The SMILES string of the molecule is CCCCOC(=O)NCCOCCCc1ccc2c(c1)c(=O)c(C(=O)O)cn2CC.[H-].[Na+]. The average molecular weight is 442 g/mol. The second-order valence-corrected chi connectivity index (χ2v) is 6.95. The Hall–Kier alpha value is -1.87. The number of benzene rings is 1. The maximum absolute atomic E-state index is 12.5. The smallest absolute Gasteiger partial charge is 1.00 e. The third-order valence-corrected chi connectivity index (χ3v) is 4.72. The van der Waals surface area contributed by atoms with Crippen molar-refractivity contribution < 1.29 is 55.2 Å². The van der Waals surface area contributed by atoms with E-state index in [4.69, 9.17) is 9.47 Å². The maximum atomic E-state index is 12.5. The van der Waals surface area contributed by atoms with E-state index in [1.54, 1.807) is 10.6 Å². The standard InChI is InChI=1S/C22H30N2O6.Na.H/c1-3-5-12-30-22(28)23-10-13-29-11-6-7-16-8-9-19-17(14-16)20(25)18(21(26)27)15-24(19)4-2;;/h8-9,14-15H,3-7,10-13H2,1-2H3,(H,23,28)(H,26,27);;/q;+1;-1. The number of alkyl carbamates (subject to hydrolysis) is 1. The fourth-order valence-corrected chi connectivity index (χ4v) is 3.08. The van der Waals surface area contributed by atoms with Crippen molar-refractivity contribution in [3.05, 3.63) is 45.7 Å². The first-order valence-electron chi connectivity index (χ1n) is 10.4. The van der Waals surface area contributed by atoms with Gasteiger partial charge in [0, 0.05) is 31.3 Å². The molecule has 8 nitrogen and oxygen atoms in total. The fraction of sp³-hybridized carbons (Fsp3) is 0.500. The van der Waals surface area contributed by atoms with Crippen LogP contribution >= 0.6 is 0 Å². The van der Waals surface area contributed by atoms with Crippen molar-refractivity contribution in [2.24, 2.45) is 0 Å². The van der Waals surface area contributed by atoms with E-state index < -0.39 is 17.5 Å². The number of amides is 1. The number of aromatic carboxylic acids is 1. The van der Waals surface area contributed by atoms with Crippen molar-refractivity contribution in [2.75, 3.05) is 26.4 Å². The molecule has 1 amide bonds. The van der Waals surface area contributed by atoms with E-state index in [0.717, 1.165) is 30.3 Å². The zero-order chi connectivity index (χ0) is 21.9. The van der Waals surface area contributed by atoms with Crippen LogP contribution in [0.15, 0.2) is 29.2 Å². The number of nitrogens with zero attached hydrogens (tertiary/aromatic N) is 1. The number of pyridine rings is 1. The topological polar surface area (TPSA) is 107 Å². The van der Waals surface area contributed by atoms with Gasteiger partial charge in [0.1, 0.15) is 5.56 Å². The van der Waals surface area contributed by atoms with Crippen molar-refractivity contribution >= 4 is 23.0 Å². The molecule has 0 radical (unpaired) electrons. The molecule has 0 atom stereocenters. The molecule has 1 heterocycles. The third-order valence-electron chi connectivity index (χ3n) is 4.72. The number of carbonyl (C=O) groups excluding carboxylic acids is 1. The molecular weight excluding hydrogens is 411 g/mol. The number of aryl methyl sites for hydroxylation is 2. The summed E-state index contributed by atoms with van der Waals surface area (Å²) in [6.45, 7) is 6.22. The Labute approximate surface area is 205 Å². The largest absolute Gasteiger partial charge is 1.00 e. The quantitative estimate of drug-likeness (QED) is 0.362. The summed E-state index contributed by atoms with van der Waals surface area (Å²) in [4.78, 5) is 35.3. The molecule has 2 N–H and O–H groups in total. The molecular formula is C22H31N2NaO6. The number of nitrogens with one attached hydrogen (secondary N) is 1. The zero-order valence-corrected chi connectivity index (χ0v) is 20.6. The molecule has 9 heteroatoms. The Morgan fingerprint density at radius 2 is 1.94 bits per heavy atom. The van der Waals surface area contributed by atoms with Crippen molar-refractivity contribution in [2.45, 2.75) is 46.1 Å². The van der Waals surface area contributed by atoms with Gasteiger partial charge in [-0.05, 0) is 43.9 Å². The number of carboxylic acids is 1. The van der Waals surface area contributed by atoms with E-state index in [-0.39, 0.29) is 36.5 Å². The first-order valence-corrected chi connectivity index (χ1v) is 10.4. The van der Waals surface area contributed by atoms with Gasteiger partial charge in [-0.1, -0.05) is 19.4 Å². The molecule has 2 rings (SSSR count). The van der Waals surface area contributed by atoms with Crippen molar-refractivity contribution in [1.82, 2.24) is 9.88 Å². The minimum absolute atomic E-state index is 0. The monoisotopic (exact) mass is 442 g/mol. The van der Waals surface area contributed by atoms with Gasteiger partial charge in [-0.25, -0.2) is 9.59 Å². The van der Waals surface area contributed by atoms with Crippen LogP contribution in [0.3, 0.4) is 0 Å². The van der Waals surface area contributed by atoms with Crippen LogP contribution in [0.5, 0.6) is 0 Å². The van der Waals surface area contributed by atoms with Gasteiger partial charge in [0.15, 0.2) is 0 Å². The van der Waals surface area contributed by atoms with E-state index in [0.29, 0.717) is 44.7 Å². The number of ether oxygens (including phenoxy) is 2. The van der Waals surface area contributed by atoms with Gasteiger partial charge in [0.2, 0.25) is 5.43 Å². The average Bonchev–Trinajstić information content (AvgIpc) is 2.73. The Bertz CT molecular complexity index is 935. The van der Waals surface area contributed by atoms with Crippen LogP contribution in [0.2, 0.25) is 0 Å². The van der Waals surface area contributed by atoms with Crippen molar-refractivity contribution in [1.29, 1.82) is 0 Å². The van der Waals surface area contributed by atoms with Gasteiger partial charge in [-0.2, -0.15) is 0 Å². The van der Waals surface area contributed by atoms with Crippen LogP contribution in [0, 0.1) is 0 Å². The van der Waals surface area contributed by atoms with Gasteiger partial charge in [-0.3, -0.25) is 4.79 Å². The first kappa shape index (κ1) is 27.2. The molecule has 1 aromatic heterocycles. The van der Waals surface area contributed by atoms with E-state index in [1.165, 1.54) is 6.20 Å². The molecule has 0 unspecified atom stereocenters. The van der Waals surface area contributed by atoms with E-state index in [9.17, 15) is 19.5 Å². The summed E-state index contributed by atoms with van der Waals surface area (Å²) in [6, 6.07) is 5.57. The van der Waals surface area contributed by atoms with Gasteiger partial charge in [0.25, 0.3) is 0 Å². The molecule has 31 heavy (non-hydrogen) atoms. The van der Waals surface area contributed by atoms with Crippen LogP contribution in [-0.2, 0) is 22.4 Å². The Morgan fingerprint density at radius 1 is 1.16 bits per heavy atom. The second kappa shape index (κ2) is 14.2. The van der Waals surface area contributed by atoms with E-state index >= 15 is 0 Å². The summed E-state index contributed by atoms with van der Waals surface area (Å²) in [5.74, 6) is -1.22.